The maximum atomic E-state index is 13.7. The number of nitrogen functional groups attached to an aromatic ring is 1. The van der Waals surface area contributed by atoms with Gasteiger partial charge >= 0.3 is 6.18 Å². The number of pyridine rings is 1. The molecule has 2 amide bonds. The van der Waals surface area contributed by atoms with Gasteiger partial charge in [-0.25, -0.2) is 4.98 Å². The molecule has 1 aromatic heterocycles. The van der Waals surface area contributed by atoms with E-state index in [0.29, 0.717) is 41.3 Å². The Hall–Kier alpha value is -4.66. The van der Waals surface area contributed by atoms with Gasteiger partial charge in [-0.05, 0) is 72.0 Å². The van der Waals surface area contributed by atoms with Crippen molar-refractivity contribution < 1.29 is 22.8 Å². The van der Waals surface area contributed by atoms with Gasteiger partial charge in [0.05, 0.1) is 17.7 Å². The highest BCUT2D eigenvalue weighted by molar-refractivity contribution is 6.09. The van der Waals surface area contributed by atoms with Crippen molar-refractivity contribution in [3.8, 4) is 11.1 Å². The van der Waals surface area contributed by atoms with E-state index in [1.54, 1.807) is 71.6 Å². The molecule has 3 aromatic carbocycles. The number of nitrogens with zero attached hydrogens (tertiary/aromatic N) is 2. The second-order valence-corrected chi connectivity index (χ2v) is 9.40. The lowest BCUT2D eigenvalue weighted by Gasteiger charge is -2.18. The zero-order valence-corrected chi connectivity index (χ0v) is 21.0. The van der Waals surface area contributed by atoms with Crippen molar-refractivity contribution in [2.75, 3.05) is 22.5 Å². The van der Waals surface area contributed by atoms with Crippen LogP contribution in [-0.2, 0) is 23.8 Å². The summed E-state index contributed by atoms with van der Waals surface area (Å²) >= 11 is 0. The van der Waals surface area contributed by atoms with Crippen molar-refractivity contribution in [2.45, 2.75) is 25.9 Å². The van der Waals surface area contributed by atoms with Gasteiger partial charge in [-0.3, -0.25) is 9.59 Å². The molecule has 0 bridgehead atoms. The average Bonchev–Trinajstić information content (AvgIpc) is 3.32. The minimum atomic E-state index is -4.60. The van der Waals surface area contributed by atoms with E-state index in [4.69, 9.17) is 5.73 Å². The molecule has 0 radical (unpaired) electrons. The van der Waals surface area contributed by atoms with Gasteiger partial charge in [0.1, 0.15) is 5.82 Å². The molecule has 1 aliphatic heterocycles. The zero-order valence-electron chi connectivity index (χ0n) is 21.0. The molecule has 1 aliphatic rings. The van der Waals surface area contributed by atoms with Crippen LogP contribution in [0, 0.1) is 6.92 Å². The van der Waals surface area contributed by atoms with Gasteiger partial charge in [0.25, 0.3) is 5.91 Å². The molecular formula is C30H25F3N4O2. The molecule has 0 aliphatic carbocycles. The fraction of sp³-hybridized carbons (Fsp3) is 0.167. The molecule has 9 heteroatoms. The number of fused-ring (bicyclic) bond motifs is 1. The summed E-state index contributed by atoms with van der Waals surface area (Å²) in [6.45, 7) is 1.85. The van der Waals surface area contributed by atoms with Crippen LogP contribution in [0.3, 0.4) is 0 Å². The molecule has 0 saturated heterocycles. The van der Waals surface area contributed by atoms with Crippen LogP contribution in [0.15, 0.2) is 78.9 Å². The van der Waals surface area contributed by atoms with Crippen LogP contribution in [-0.4, -0.2) is 23.3 Å². The van der Waals surface area contributed by atoms with E-state index in [1.165, 1.54) is 13.0 Å². The normalized spacial score (nSPS) is 12.8. The van der Waals surface area contributed by atoms with Crippen LogP contribution in [0.2, 0.25) is 0 Å². The number of carbonyl (C=O) groups excluding carboxylic acids is 2. The lowest BCUT2D eigenvalue weighted by molar-refractivity contribution is -0.138. The van der Waals surface area contributed by atoms with Gasteiger partial charge < -0.3 is 16.0 Å². The fourth-order valence-electron chi connectivity index (χ4n) is 4.84. The number of amides is 2. The van der Waals surface area contributed by atoms with Crippen LogP contribution in [0.25, 0.3) is 11.1 Å². The molecular weight excluding hydrogens is 505 g/mol. The number of anilines is 3. The number of halogens is 3. The van der Waals surface area contributed by atoms with Crippen molar-refractivity contribution in [2.24, 2.45) is 0 Å². The SMILES string of the molecule is Cc1cc(-c2ccccc2)c(C(=O)Nc2ccc3c(c2)CCN3C(=O)Cc2cccc(N)n2)cc1C(F)(F)F. The zero-order chi connectivity index (χ0) is 27.7. The van der Waals surface area contributed by atoms with Gasteiger partial charge in [0.2, 0.25) is 5.91 Å². The third-order valence-corrected chi connectivity index (χ3v) is 6.69. The Morgan fingerprint density at radius 3 is 2.49 bits per heavy atom. The predicted molar refractivity (Wildman–Crippen MR) is 144 cm³/mol. The first-order chi connectivity index (χ1) is 18.6. The summed E-state index contributed by atoms with van der Waals surface area (Å²) in [6.07, 6.45) is -3.92. The van der Waals surface area contributed by atoms with Crippen molar-refractivity contribution in [3.63, 3.8) is 0 Å². The van der Waals surface area contributed by atoms with Crippen LogP contribution in [0.4, 0.5) is 30.4 Å². The summed E-state index contributed by atoms with van der Waals surface area (Å²) < 4.78 is 41.1. The quantitative estimate of drug-likeness (QED) is 0.329. The Labute approximate surface area is 223 Å². The first-order valence-corrected chi connectivity index (χ1v) is 12.3. The van der Waals surface area contributed by atoms with Gasteiger partial charge in [-0.15, -0.1) is 0 Å². The molecule has 0 spiro atoms. The third kappa shape index (κ3) is 5.47. The molecule has 2 heterocycles. The summed E-state index contributed by atoms with van der Waals surface area (Å²) in [7, 11) is 0. The number of aryl methyl sites for hydroxylation is 1. The number of hydrogen-bond acceptors (Lipinski definition) is 4. The summed E-state index contributed by atoms with van der Waals surface area (Å²) in [5.41, 5.74) is 8.44. The highest BCUT2D eigenvalue weighted by atomic mass is 19.4. The molecule has 3 N–H and O–H groups in total. The molecule has 0 unspecified atom stereocenters. The Bertz CT molecular complexity index is 1570. The summed E-state index contributed by atoms with van der Waals surface area (Å²) in [5.74, 6) is -0.442. The lowest BCUT2D eigenvalue weighted by atomic mass is 9.93. The smallest absolute Gasteiger partial charge is 0.384 e. The van der Waals surface area contributed by atoms with Crippen LogP contribution in [0.5, 0.6) is 0 Å². The molecule has 6 nitrogen and oxygen atoms in total. The molecule has 4 aromatic rings. The van der Waals surface area contributed by atoms with Crippen LogP contribution < -0.4 is 16.0 Å². The Balaban J connectivity index is 1.40. The number of aromatic nitrogens is 1. The van der Waals surface area contributed by atoms with E-state index in [9.17, 15) is 22.8 Å². The fourth-order valence-corrected chi connectivity index (χ4v) is 4.84. The topological polar surface area (TPSA) is 88.3 Å². The molecule has 5 rings (SSSR count). The highest BCUT2D eigenvalue weighted by Gasteiger charge is 2.34. The third-order valence-electron chi connectivity index (χ3n) is 6.69. The lowest BCUT2D eigenvalue weighted by Crippen LogP contribution is -2.30. The number of nitrogens with one attached hydrogen (secondary N) is 1. The van der Waals surface area contributed by atoms with Gasteiger partial charge in [-0.1, -0.05) is 42.5 Å². The van der Waals surface area contributed by atoms with Crippen LogP contribution >= 0.6 is 0 Å². The molecule has 0 saturated carbocycles. The van der Waals surface area contributed by atoms with E-state index in [1.807, 2.05) is 0 Å². The maximum Gasteiger partial charge on any atom is 0.416 e. The van der Waals surface area contributed by atoms with Crippen molar-refractivity contribution >= 4 is 29.0 Å². The predicted octanol–water partition coefficient (Wildman–Crippen LogP) is 6.04. The monoisotopic (exact) mass is 530 g/mol. The second kappa shape index (κ2) is 10.2. The van der Waals surface area contributed by atoms with Crippen molar-refractivity contribution in [1.82, 2.24) is 4.98 Å². The van der Waals surface area contributed by atoms with Crippen molar-refractivity contribution in [3.05, 3.63) is 107 Å². The van der Waals surface area contributed by atoms with E-state index >= 15 is 0 Å². The van der Waals surface area contributed by atoms with E-state index < -0.39 is 17.6 Å². The molecule has 39 heavy (non-hydrogen) atoms. The van der Waals surface area contributed by atoms with Crippen molar-refractivity contribution in [1.29, 1.82) is 0 Å². The number of carbonyl (C=O) groups is 2. The molecule has 0 atom stereocenters. The Kier molecular flexibility index (Phi) is 6.82. The Morgan fingerprint density at radius 1 is 1.00 bits per heavy atom. The van der Waals surface area contributed by atoms with Gasteiger partial charge in [0, 0.05) is 23.5 Å². The minimum Gasteiger partial charge on any atom is -0.384 e. The number of nitrogens with two attached hydrogens (primary N) is 1. The largest absolute Gasteiger partial charge is 0.416 e. The van der Waals surface area contributed by atoms with E-state index in [2.05, 4.69) is 10.3 Å². The highest BCUT2D eigenvalue weighted by Crippen LogP contribution is 2.37. The number of benzene rings is 3. The van der Waals surface area contributed by atoms with Gasteiger partial charge in [-0.2, -0.15) is 13.2 Å². The summed E-state index contributed by atoms with van der Waals surface area (Å²) in [6, 6.07) is 21.4. The molecule has 0 fully saturated rings. The number of rotatable bonds is 5. The standard InChI is InChI=1S/C30H25F3N4O2/c1-18-14-23(19-6-3-2-4-7-19)24(17-25(18)30(31,32)33)29(39)36-22-10-11-26-20(15-22)12-13-37(26)28(38)16-21-8-5-9-27(34)35-21/h2-11,14-15,17H,12-13,16H2,1H3,(H2,34,35)(H,36,39). The number of alkyl halides is 3. The number of hydrogen-bond donors (Lipinski definition) is 2. The van der Waals surface area contributed by atoms with E-state index in [0.717, 1.165) is 17.3 Å². The summed E-state index contributed by atoms with van der Waals surface area (Å²) in [4.78, 5) is 32.1. The van der Waals surface area contributed by atoms with Gasteiger partial charge in [0.15, 0.2) is 0 Å². The summed E-state index contributed by atoms with van der Waals surface area (Å²) in [5, 5.41) is 2.75. The maximum absolute atomic E-state index is 13.7. The van der Waals surface area contributed by atoms with E-state index in [-0.39, 0.29) is 23.5 Å². The average molecular weight is 531 g/mol. The molecule has 198 valence electrons. The Morgan fingerprint density at radius 2 is 1.77 bits per heavy atom. The second-order valence-electron chi connectivity index (χ2n) is 9.40. The minimum absolute atomic E-state index is 0.0357. The van der Waals surface area contributed by atoms with Crippen LogP contribution in [0.1, 0.15) is 32.7 Å². The first-order valence-electron chi connectivity index (χ1n) is 12.3. The first kappa shape index (κ1) is 26.0.